The fraction of sp³-hybridized carbons (Fsp3) is 0.333. The highest BCUT2D eigenvalue weighted by Gasteiger charge is 2.18. The Bertz CT molecular complexity index is 587. The van der Waals surface area contributed by atoms with Gasteiger partial charge in [-0.05, 0) is 55.0 Å². The summed E-state index contributed by atoms with van der Waals surface area (Å²) < 4.78 is 5.84. The molecule has 0 aromatic heterocycles. The molecule has 1 aliphatic carbocycles. The van der Waals surface area contributed by atoms with Crippen LogP contribution in [0.5, 0.6) is 5.75 Å². The first kappa shape index (κ1) is 13.2. The van der Waals surface area contributed by atoms with Gasteiger partial charge in [0, 0.05) is 0 Å². The molecule has 0 radical (unpaired) electrons. The van der Waals surface area contributed by atoms with Crippen LogP contribution in [0.15, 0.2) is 42.5 Å². The molecule has 1 atom stereocenters. The van der Waals surface area contributed by atoms with Crippen molar-refractivity contribution in [3.8, 4) is 5.75 Å². The van der Waals surface area contributed by atoms with Crippen LogP contribution >= 0.6 is 0 Å². The SMILES string of the molecule is Cc1ccc(COc2ccc3c(c2)C(O)CCC3)cc1. The standard InChI is InChI=1S/C18H20O2/c1-13-5-7-14(8-6-13)12-20-16-10-9-15-3-2-4-18(19)17(15)11-16/h5-11,18-19H,2-4,12H2,1H3. The van der Waals surface area contributed by atoms with Crippen LogP contribution in [0.25, 0.3) is 0 Å². The van der Waals surface area contributed by atoms with Gasteiger partial charge in [-0.15, -0.1) is 0 Å². The monoisotopic (exact) mass is 268 g/mol. The molecule has 1 N–H and O–H groups in total. The zero-order valence-electron chi connectivity index (χ0n) is 11.8. The summed E-state index contributed by atoms with van der Waals surface area (Å²) in [6.07, 6.45) is 2.65. The van der Waals surface area contributed by atoms with Crippen molar-refractivity contribution in [3.05, 3.63) is 64.7 Å². The second kappa shape index (κ2) is 5.68. The number of rotatable bonds is 3. The zero-order valence-corrected chi connectivity index (χ0v) is 11.8. The lowest BCUT2D eigenvalue weighted by Gasteiger charge is -2.22. The molecule has 0 bridgehead atoms. The predicted molar refractivity (Wildman–Crippen MR) is 79.9 cm³/mol. The van der Waals surface area contributed by atoms with E-state index in [2.05, 4.69) is 37.3 Å². The summed E-state index contributed by atoms with van der Waals surface area (Å²) in [5.74, 6) is 0.838. The van der Waals surface area contributed by atoms with E-state index in [9.17, 15) is 5.11 Å². The average Bonchev–Trinajstić information content (AvgIpc) is 2.47. The van der Waals surface area contributed by atoms with E-state index < -0.39 is 0 Å². The molecule has 0 fully saturated rings. The number of hydrogen-bond donors (Lipinski definition) is 1. The molecular formula is C18H20O2. The van der Waals surface area contributed by atoms with Crippen LogP contribution < -0.4 is 4.74 Å². The highest BCUT2D eigenvalue weighted by molar-refractivity contribution is 5.38. The minimum absolute atomic E-state index is 0.332. The van der Waals surface area contributed by atoms with Gasteiger partial charge in [0.15, 0.2) is 0 Å². The van der Waals surface area contributed by atoms with Crippen LogP contribution in [0.1, 0.15) is 41.2 Å². The topological polar surface area (TPSA) is 29.5 Å². The highest BCUT2D eigenvalue weighted by Crippen LogP contribution is 2.32. The molecule has 104 valence electrons. The fourth-order valence-electron chi connectivity index (χ4n) is 2.69. The van der Waals surface area contributed by atoms with Crippen molar-refractivity contribution in [3.63, 3.8) is 0 Å². The number of benzene rings is 2. The Balaban J connectivity index is 1.72. The van der Waals surface area contributed by atoms with Crippen LogP contribution in [0.4, 0.5) is 0 Å². The van der Waals surface area contributed by atoms with Gasteiger partial charge >= 0.3 is 0 Å². The Kier molecular flexibility index (Phi) is 3.75. The van der Waals surface area contributed by atoms with Crippen molar-refractivity contribution >= 4 is 0 Å². The summed E-state index contributed by atoms with van der Waals surface area (Å²) in [5, 5.41) is 10.0. The quantitative estimate of drug-likeness (QED) is 0.913. The largest absolute Gasteiger partial charge is 0.489 e. The first-order valence-corrected chi connectivity index (χ1v) is 7.21. The molecule has 1 aliphatic rings. The molecule has 0 aliphatic heterocycles. The molecule has 2 heteroatoms. The molecule has 0 saturated heterocycles. The summed E-state index contributed by atoms with van der Waals surface area (Å²) in [7, 11) is 0. The average molecular weight is 268 g/mol. The maximum Gasteiger partial charge on any atom is 0.120 e. The van der Waals surface area contributed by atoms with E-state index in [4.69, 9.17) is 4.74 Å². The van der Waals surface area contributed by atoms with Crippen molar-refractivity contribution in [2.24, 2.45) is 0 Å². The fourth-order valence-corrected chi connectivity index (χ4v) is 2.69. The maximum absolute atomic E-state index is 10.0. The van der Waals surface area contributed by atoms with E-state index in [1.54, 1.807) is 0 Å². The number of ether oxygens (including phenoxy) is 1. The second-order valence-electron chi connectivity index (χ2n) is 5.54. The molecule has 2 aromatic rings. The van der Waals surface area contributed by atoms with Gasteiger partial charge in [0.25, 0.3) is 0 Å². The van der Waals surface area contributed by atoms with Crippen molar-refractivity contribution in [1.82, 2.24) is 0 Å². The first-order chi connectivity index (χ1) is 9.72. The van der Waals surface area contributed by atoms with E-state index in [0.717, 1.165) is 36.1 Å². The predicted octanol–water partition coefficient (Wildman–Crippen LogP) is 3.94. The number of aliphatic hydroxyl groups excluding tert-OH is 1. The molecular weight excluding hydrogens is 248 g/mol. The molecule has 0 heterocycles. The van der Waals surface area contributed by atoms with Gasteiger partial charge in [-0.2, -0.15) is 0 Å². The van der Waals surface area contributed by atoms with E-state index in [1.165, 1.54) is 11.1 Å². The number of aliphatic hydroxyl groups is 1. The third-order valence-electron chi connectivity index (χ3n) is 3.93. The van der Waals surface area contributed by atoms with Gasteiger partial charge in [-0.1, -0.05) is 35.9 Å². The summed E-state index contributed by atoms with van der Waals surface area (Å²) in [6, 6.07) is 14.4. The van der Waals surface area contributed by atoms with Crippen molar-refractivity contribution in [2.45, 2.75) is 38.9 Å². The Morgan fingerprint density at radius 2 is 1.95 bits per heavy atom. The molecule has 2 nitrogen and oxygen atoms in total. The van der Waals surface area contributed by atoms with Gasteiger partial charge < -0.3 is 9.84 Å². The van der Waals surface area contributed by atoms with Crippen LogP contribution in [0, 0.1) is 6.92 Å². The van der Waals surface area contributed by atoms with Crippen molar-refractivity contribution in [1.29, 1.82) is 0 Å². The molecule has 0 spiro atoms. The maximum atomic E-state index is 10.0. The van der Waals surface area contributed by atoms with Crippen LogP contribution in [-0.4, -0.2) is 5.11 Å². The van der Waals surface area contributed by atoms with Crippen molar-refractivity contribution < 1.29 is 9.84 Å². The lowest BCUT2D eigenvalue weighted by Crippen LogP contribution is -2.09. The third-order valence-corrected chi connectivity index (χ3v) is 3.93. The number of hydrogen-bond acceptors (Lipinski definition) is 2. The number of aryl methyl sites for hydroxylation is 2. The summed E-state index contributed by atoms with van der Waals surface area (Å²) in [5.41, 5.74) is 4.71. The lowest BCUT2D eigenvalue weighted by atomic mass is 9.89. The Hall–Kier alpha value is -1.80. The molecule has 0 saturated carbocycles. The van der Waals surface area contributed by atoms with Gasteiger partial charge in [-0.25, -0.2) is 0 Å². The Morgan fingerprint density at radius 1 is 1.15 bits per heavy atom. The molecule has 3 rings (SSSR count). The normalized spacial score (nSPS) is 17.6. The van der Waals surface area contributed by atoms with E-state index in [0.29, 0.717) is 6.61 Å². The van der Waals surface area contributed by atoms with E-state index in [1.807, 2.05) is 12.1 Å². The van der Waals surface area contributed by atoms with E-state index >= 15 is 0 Å². The van der Waals surface area contributed by atoms with E-state index in [-0.39, 0.29) is 6.10 Å². The van der Waals surface area contributed by atoms with Crippen LogP contribution in [-0.2, 0) is 13.0 Å². The smallest absolute Gasteiger partial charge is 0.120 e. The Labute approximate surface area is 120 Å². The highest BCUT2D eigenvalue weighted by atomic mass is 16.5. The molecule has 0 amide bonds. The third kappa shape index (κ3) is 2.86. The molecule has 20 heavy (non-hydrogen) atoms. The van der Waals surface area contributed by atoms with Crippen LogP contribution in [0.3, 0.4) is 0 Å². The van der Waals surface area contributed by atoms with Crippen LogP contribution in [0.2, 0.25) is 0 Å². The summed E-state index contributed by atoms with van der Waals surface area (Å²) in [6.45, 7) is 2.64. The second-order valence-corrected chi connectivity index (χ2v) is 5.54. The van der Waals surface area contributed by atoms with Gasteiger partial charge in [0.1, 0.15) is 12.4 Å². The molecule has 1 unspecified atom stereocenters. The van der Waals surface area contributed by atoms with Gasteiger partial charge in [-0.3, -0.25) is 0 Å². The van der Waals surface area contributed by atoms with Gasteiger partial charge in [0.05, 0.1) is 6.10 Å². The lowest BCUT2D eigenvalue weighted by molar-refractivity contribution is 0.156. The summed E-state index contributed by atoms with van der Waals surface area (Å²) in [4.78, 5) is 0. The number of fused-ring (bicyclic) bond motifs is 1. The summed E-state index contributed by atoms with van der Waals surface area (Å²) >= 11 is 0. The van der Waals surface area contributed by atoms with Gasteiger partial charge in [0.2, 0.25) is 0 Å². The first-order valence-electron chi connectivity index (χ1n) is 7.21. The Morgan fingerprint density at radius 3 is 2.75 bits per heavy atom. The minimum atomic E-state index is -0.332. The minimum Gasteiger partial charge on any atom is -0.489 e. The zero-order chi connectivity index (χ0) is 13.9. The molecule has 2 aromatic carbocycles. The van der Waals surface area contributed by atoms with Crippen molar-refractivity contribution in [2.75, 3.05) is 0 Å².